The lowest BCUT2D eigenvalue weighted by atomic mass is 9.99. The van der Waals surface area contributed by atoms with E-state index >= 15 is 0 Å². The van der Waals surface area contributed by atoms with Gasteiger partial charge in [-0.3, -0.25) is 14.9 Å². The summed E-state index contributed by atoms with van der Waals surface area (Å²) >= 11 is 0. The summed E-state index contributed by atoms with van der Waals surface area (Å²) in [6.07, 6.45) is 1.12. The molecule has 1 saturated heterocycles. The van der Waals surface area contributed by atoms with Crippen molar-refractivity contribution in [2.45, 2.75) is 18.4 Å². The SMILES string of the molecule is NC1(C(=O)NCCc2ccc([N+](=O)[O-])cc2)CCOC1. The predicted molar refractivity (Wildman–Crippen MR) is 72.2 cm³/mol. The number of benzene rings is 1. The lowest BCUT2D eigenvalue weighted by Gasteiger charge is -2.20. The first-order valence-electron chi connectivity index (χ1n) is 6.39. The maximum atomic E-state index is 11.9. The number of hydrogen-bond donors (Lipinski definition) is 2. The number of nitrogens with zero attached hydrogens (tertiary/aromatic N) is 1. The molecular formula is C13H17N3O4. The van der Waals surface area contributed by atoms with E-state index in [9.17, 15) is 14.9 Å². The highest BCUT2D eigenvalue weighted by molar-refractivity contribution is 5.86. The van der Waals surface area contributed by atoms with E-state index in [2.05, 4.69) is 5.32 Å². The number of rotatable bonds is 5. The van der Waals surface area contributed by atoms with Crippen molar-refractivity contribution in [3.8, 4) is 0 Å². The Morgan fingerprint density at radius 3 is 2.70 bits per heavy atom. The zero-order chi connectivity index (χ0) is 14.6. The van der Waals surface area contributed by atoms with Gasteiger partial charge >= 0.3 is 0 Å². The van der Waals surface area contributed by atoms with Gasteiger partial charge in [-0.15, -0.1) is 0 Å². The van der Waals surface area contributed by atoms with Crippen molar-refractivity contribution < 1.29 is 14.5 Å². The van der Waals surface area contributed by atoms with Gasteiger partial charge in [-0.05, 0) is 18.4 Å². The fourth-order valence-electron chi connectivity index (χ4n) is 2.04. The second kappa shape index (κ2) is 5.98. The number of nitrogens with two attached hydrogens (primary N) is 1. The highest BCUT2D eigenvalue weighted by Crippen LogP contribution is 2.15. The predicted octanol–water partition coefficient (Wildman–Crippen LogP) is 0.371. The van der Waals surface area contributed by atoms with Gasteiger partial charge in [0.15, 0.2) is 0 Å². The molecule has 1 aliphatic heterocycles. The molecule has 3 N–H and O–H groups in total. The molecule has 1 aromatic rings. The Bertz CT molecular complexity index is 495. The third-order valence-corrected chi connectivity index (χ3v) is 3.35. The summed E-state index contributed by atoms with van der Waals surface area (Å²) in [5.74, 6) is -0.211. The van der Waals surface area contributed by atoms with Crippen LogP contribution >= 0.6 is 0 Å². The Morgan fingerprint density at radius 1 is 1.45 bits per heavy atom. The van der Waals surface area contributed by atoms with Gasteiger partial charge in [0, 0.05) is 25.3 Å². The summed E-state index contributed by atoms with van der Waals surface area (Å²) in [6, 6.07) is 6.27. The quantitative estimate of drug-likeness (QED) is 0.598. The Hall–Kier alpha value is -1.99. The number of non-ortho nitro benzene ring substituents is 1. The third-order valence-electron chi connectivity index (χ3n) is 3.35. The summed E-state index contributed by atoms with van der Waals surface area (Å²) in [5.41, 5.74) is 5.98. The summed E-state index contributed by atoms with van der Waals surface area (Å²) in [4.78, 5) is 22.0. The topological polar surface area (TPSA) is 107 Å². The molecule has 1 amide bonds. The number of nitro groups is 1. The number of nitrogens with one attached hydrogen (secondary N) is 1. The van der Waals surface area contributed by atoms with E-state index in [4.69, 9.17) is 10.5 Å². The molecule has 2 rings (SSSR count). The van der Waals surface area contributed by atoms with Crippen molar-refractivity contribution in [1.29, 1.82) is 0 Å². The maximum Gasteiger partial charge on any atom is 0.269 e. The molecule has 1 unspecified atom stereocenters. The van der Waals surface area contributed by atoms with Gasteiger partial charge in [0.2, 0.25) is 5.91 Å². The molecule has 1 atom stereocenters. The van der Waals surface area contributed by atoms with Gasteiger partial charge in [-0.25, -0.2) is 0 Å². The molecule has 0 saturated carbocycles. The zero-order valence-electron chi connectivity index (χ0n) is 11.0. The van der Waals surface area contributed by atoms with Gasteiger partial charge in [-0.2, -0.15) is 0 Å². The van der Waals surface area contributed by atoms with Gasteiger partial charge in [-0.1, -0.05) is 12.1 Å². The lowest BCUT2D eigenvalue weighted by Crippen LogP contribution is -2.54. The van der Waals surface area contributed by atoms with E-state index < -0.39 is 10.5 Å². The fourth-order valence-corrected chi connectivity index (χ4v) is 2.04. The van der Waals surface area contributed by atoms with Crippen LogP contribution in [0.1, 0.15) is 12.0 Å². The van der Waals surface area contributed by atoms with E-state index in [0.29, 0.717) is 26.0 Å². The summed E-state index contributed by atoms with van der Waals surface area (Å²) < 4.78 is 5.13. The molecule has 20 heavy (non-hydrogen) atoms. The second-order valence-corrected chi connectivity index (χ2v) is 4.89. The standard InChI is InChI=1S/C13H17N3O4/c14-13(6-8-20-9-13)12(17)15-7-5-10-1-3-11(4-2-10)16(18)19/h1-4H,5-9,14H2,(H,15,17). The molecule has 1 fully saturated rings. The van der Waals surface area contributed by atoms with E-state index in [1.54, 1.807) is 12.1 Å². The Morgan fingerprint density at radius 2 is 2.15 bits per heavy atom. The molecule has 7 heteroatoms. The minimum absolute atomic E-state index is 0.0572. The first kappa shape index (κ1) is 14.4. The molecule has 0 radical (unpaired) electrons. The fraction of sp³-hybridized carbons (Fsp3) is 0.462. The van der Waals surface area contributed by atoms with E-state index in [1.165, 1.54) is 12.1 Å². The van der Waals surface area contributed by atoms with Crippen LogP contribution in [-0.2, 0) is 16.0 Å². The normalized spacial score (nSPS) is 21.6. The zero-order valence-corrected chi connectivity index (χ0v) is 11.0. The van der Waals surface area contributed by atoms with Crippen LogP contribution < -0.4 is 11.1 Å². The van der Waals surface area contributed by atoms with Crippen molar-refractivity contribution in [3.63, 3.8) is 0 Å². The van der Waals surface area contributed by atoms with Crippen LogP contribution in [-0.4, -0.2) is 36.1 Å². The van der Waals surface area contributed by atoms with Crippen LogP contribution in [0.25, 0.3) is 0 Å². The Kier molecular flexibility index (Phi) is 4.31. The average molecular weight is 279 g/mol. The molecule has 7 nitrogen and oxygen atoms in total. The van der Waals surface area contributed by atoms with Crippen LogP contribution in [0.2, 0.25) is 0 Å². The van der Waals surface area contributed by atoms with Crippen molar-refractivity contribution in [1.82, 2.24) is 5.32 Å². The number of hydrogen-bond acceptors (Lipinski definition) is 5. The van der Waals surface area contributed by atoms with Crippen LogP contribution in [0.3, 0.4) is 0 Å². The van der Waals surface area contributed by atoms with E-state index in [0.717, 1.165) is 5.56 Å². The van der Waals surface area contributed by atoms with Crippen LogP contribution in [0, 0.1) is 10.1 Å². The van der Waals surface area contributed by atoms with Crippen molar-refractivity contribution in [3.05, 3.63) is 39.9 Å². The van der Waals surface area contributed by atoms with Gasteiger partial charge in [0.1, 0.15) is 5.54 Å². The number of nitro benzene ring substituents is 1. The van der Waals surface area contributed by atoms with Crippen LogP contribution in [0.5, 0.6) is 0 Å². The Labute approximate surface area is 116 Å². The minimum Gasteiger partial charge on any atom is -0.379 e. The number of ether oxygens (including phenoxy) is 1. The first-order chi connectivity index (χ1) is 9.51. The summed E-state index contributed by atoms with van der Waals surface area (Å²) in [6.45, 7) is 1.19. The molecule has 0 aromatic heterocycles. The summed E-state index contributed by atoms with van der Waals surface area (Å²) in [5, 5.41) is 13.3. The average Bonchev–Trinajstić information content (AvgIpc) is 2.87. The van der Waals surface area contributed by atoms with Crippen LogP contribution in [0.15, 0.2) is 24.3 Å². The van der Waals surface area contributed by atoms with E-state index in [1.807, 2.05) is 0 Å². The first-order valence-corrected chi connectivity index (χ1v) is 6.39. The number of carbonyl (C=O) groups is 1. The van der Waals surface area contributed by atoms with Crippen molar-refractivity contribution in [2.24, 2.45) is 5.73 Å². The van der Waals surface area contributed by atoms with Gasteiger partial charge in [0.25, 0.3) is 5.69 Å². The van der Waals surface area contributed by atoms with E-state index in [-0.39, 0.29) is 18.2 Å². The lowest BCUT2D eigenvalue weighted by molar-refractivity contribution is -0.384. The summed E-state index contributed by atoms with van der Waals surface area (Å²) in [7, 11) is 0. The highest BCUT2D eigenvalue weighted by Gasteiger charge is 2.37. The molecular weight excluding hydrogens is 262 g/mol. The monoisotopic (exact) mass is 279 g/mol. The molecule has 1 aliphatic rings. The van der Waals surface area contributed by atoms with Crippen LogP contribution in [0.4, 0.5) is 5.69 Å². The smallest absolute Gasteiger partial charge is 0.269 e. The minimum atomic E-state index is -0.921. The highest BCUT2D eigenvalue weighted by atomic mass is 16.6. The second-order valence-electron chi connectivity index (χ2n) is 4.89. The largest absolute Gasteiger partial charge is 0.379 e. The molecule has 0 aliphatic carbocycles. The molecule has 0 spiro atoms. The van der Waals surface area contributed by atoms with Gasteiger partial charge < -0.3 is 15.8 Å². The molecule has 0 bridgehead atoms. The number of amides is 1. The third kappa shape index (κ3) is 3.31. The Balaban J connectivity index is 1.81. The maximum absolute atomic E-state index is 11.9. The van der Waals surface area contributed by atoms with Crippen molar-refractivity contribution in [2.75, 3.05) is 19.8 Å². The van der Waals surface area contributed by atoms with Crippen molar-refractivity contribution >= 4 is 11.6 Å². The molecule has 1 aromatic carbocycles. The molecule has 1 heterocycles. The van der Waals surface area contributed by atoms with Gasteiger partial charge in [0.05, 0.1) is 11.5 Å². The molecule has 108 valence electrons. The number of carbonyl (C=O) groups excluding carboxylic acids is 1.